The first kappa shape index (κ1) is 19.8. The maximum absolute atomic E-state index is 10.8. The summed E-state index contributed by atoms with van der Waals surface area (Å²) in [6.07, 6.45) is 0.413. The second-order valence-electron chi connectivity index (χ2n) is 7.96. The lowest BCUT2D eigenvalue weighted by atomic mass is 9.96. The highest BCUT2D eigenvalue weighted by atomic mass is 32.2. The molecule has 3 heterocycles. The van der Waals surface area contributed by atoms with Crippen LogP contribution in [0.15, 0.2) is 35.5 Å². The van der Waals surface area contributed by atoms with Crippen LogP contribution < -0.4 is 10.1 Å². The molecular weight excluding hydrogens is 406 g/mol. The Morgan fingerprint density at radius 2 is 2.17 bits per heavy atom. The number of aromatic nitrogens is 3. The molecule has 1 spiro atoms. The summed E-state index contributed by atoms with van der Waals surface area (Å²) in [5.74, 6) is 0.772. The molecule has 1 aliphatic carbocycles. The molecule has 2 unspecified atom stereocenters. The standard InChI is InChI=1S/C20H25N5O4S/c1-3-21-19-22-15-16(26)17(27)20(29-18(15)30-19)8-14(20)25-9-12(23-24-25)10-28-13-6-4-11(2)5-7-13/h4-7,9,14-18,26-27H,3,8,10H2,1-2H3,(H,21,22)/t14?,15-,16-,17+,18-,20?/m1/s1. The van der Waals surface area contributed by atoms with E-state index in [1.165, 1.54) is 17.3 Å². The van der Waals surface area contributed by atoms with Crippen molar-refractivity contribution in [2.75, 3.05) is 6.54 Å². The predicted molar refractivity (Wildman–Crippen MR) is 111 cm³/mol. The van der Waals surface area contributed by atoms with E-state index in [0.717, 1.165) is 10.9 Å². The predicted octanol–water partition coefficient (Wildman–Crippen LogP) is 1.01. The van der Waals surface area contributed by atoms with Crippen molar-refractivity contribution in [2.24, 2.45) is 4.99 Å². The van der Waals surface area contributed by atoms with Crippen LogP contribution in [0.5, 0.6) is 5.75 Å². The van der Waals surface area contributed by atoms with E-state index >= 15 is 0 Å². The van der Waals surface area contributed by atoms with Gasteiger partial charge in [0.05, 0.1) is 18.3 Å². The van der Waals surface area contributed by atoms with Crippen molar-refractivity contribution in [3.63, 3.8) is 0 Å². The average Bonchev–Trinajstić information content (AvgIpc) is 3.07. The van der Waals surface area contributed by atoms with Gasteiger partial charge in [-0.05, 0) is 26.0 Å². The second kappa shape index (κ2) is 7.52. The Morgan fingerprint density at radius 1 is 1.37 bits per heavy atom. The van der Waals surface area contributed by atoms with Gasteiger partial charge in [0.1, 0.15) is 41.3 Å². The molecule has 2 aromatic rings. The summed E-state index contributed by atoms with van der Waals surface area (Å²) in [6, 6.07) is 7.26. The number of aliphatic hydroxyl groups excluding tert-OH is 2. The van der Waals surface area contributed by atoms with Gasteiger partial charge in [-0.1, -0.05) is 34.7 Å². The van der Waals surface area contributed by atoms with Gasteiger partial charge in [0.15, 0.2) is 5.17 Å². The van der Waals surface area contributed by atoms with E-state index < -0.39 is 17.8 Å². The highest BCUT2D eigenvalue weighted by Crippen LogP contribution is 2.58. The number of rotatable bonds is 5. The molecule has 1 aromatic carbocycles. The largest absolute Gasteiger partial charge is 0.487 e. The molecule has 0 bridgehead atoms. The number of ether oxygens (including phenoxy) is 2. The minimum absolute atomic E-state index is 0.184. The zero-order valence-corrected chi connectivity index (χ0v) is 17.6. The number of aryl methyl sites for hydroxylation is 1. The van der Waals surface area contributed by atoms with Crippen LogP contribution in [0.3, 0.4) is 0 Å². The van der Waals surface area contributed by atoms with Crippen molar-refractivity contribution in [3.8, 4) is 5.75 Å². The first-order chi connectivity index (χ1) is 14.5. The van der Waals surface area contributed by atoms with Crippen LogP contribution in [0.4, 0.5) is 0 Å². The van der Waals surface area contributed by atoms with Gasteiger partial charge in [0.2, 0.25) is 0 Å². The number of hydrogen-bond donors (Lipinski definition) is 3. The summed E-state index contributed by atoms with van der Waals surface area (Å²) in [7, 11) is 0. The molecule has 0 radical (unpaired) electrons. The molecule has 3 aliphatic rings. The van der Waals surface area contributed by atoms with Gasteiger partial charge in [-0.3, -0.25) is 4.99 Å². The number of fused-ring (bicyclic) bond motifs is 1. The number of hydrogen-bond acceptors (Lipinski definition) is 8. The number of nitrogens with one attached hydrogen (secondary N) is 1. The van der Waals surface area contributed by atoms with Crippen LogP contribution in [-0.4, -0.2) is 66.2 Å². The highest BCUT2D eigenvalue weighted by molar-refractivity contribution is 8.14. The third-order valence-electron chi connectivity index (χ3n) is 5.84. The van der Waals surface area contributed by atoms with E-state index in [1.807, 2.05) is 44.3 Å². The van der Waals surface area contributed by atoms with E-state index in [9.17, 15) is 10.2 Å². The monoisotopic (exact) mass is 431 g/mol. The molecule has 0 amide bonds. The Kier molecular flexibility index (Phi) is 4.97. The minimum atomic E-state index is -1.02. The third-order valence-corrected chi connectivity index (χ3v) is 6.93. The van der Waals surface area contributed by atoms with Crippen molar-refractivity contribution < 1.29 is 19.7 Å². The molecule has 9 nitrogen and oxygen atoms in total. The maximum Gasteiger partial charge on any atom is 0.159 e. The normalized spacial score (nSPS) is 36.0. The third kappa shape index (κ3) is 3.37. The Balaban J connectivity index is 1.26. The van der Waals surface area contributed by atoms with Gasteiger partial charge < -0.3 is 25.0 Å². The van der Waals surface area contributed by atoms with E-state index in [4.69, 9.17) is 9.47 Å². The zero-order valence-electron chi connectivity index (χ0n) is 16.8. The fourth-order valence-electron chi connectivity index (χ4n) is 4.10. The summed E-state index contributed by atoms with van der Waals surface area (Å²) >= 11 is 1.46. The molecule has 10 heteroatoms. The zero-order chi connectivity index (χ0) is 20.9. The highest BCUT2D eigenvalue weighted by Gasteiger charge is 2.70. The van der Waals surface area contributed by atoms with Crippen LogP contribution in [0.25, 0.3) is 0 Å². The number of nitrogens with zero attached hydrogens (tertiary/aromatic N) is 4. The molecule has 3 N–H and O–H groups in total. The first-order valence-electron chi connectivity index (χ1n) is 10.1. The minimum Gasteiger partial charge on any atom is -0.487 e. The van der Waals surface area contributed by atoms with Crippen LogP contribution >= 0.6 is 11.8 Å². The average molecular weight is 432 g/mol. The van der Waals surface area contributed by atoms with E-state index in [-0.39, 0.29) is 17.5 Å². The summed E-state index contributed by atoms with van der Waals surface area (Å²) in [4.78, 5) is 4.36. The topological polar surface area (TPSA) is 114 Å². The lowest BCUT2D eigenvalue weighted by molar-refractivity contribution is -0.175. The number of aliphatic hydroxyl groups is 2. The number of benzene rings is 1. The number of aliphatic imine (C=N–C) groups is 1. The molecular formula is C20H25N5O4S. The van der Waals surface area contributed by atoms with Gasteiger partial charge in [-0.2, -0.15) is 0 Å². The second-order valence-corrected chi connectivity index (χ2v) is 9.04. The lowest BCUT2D eigenvalue weighted by Crippen LogP contribution is -2.60. The van der Waals surface area contributed by atoms with Crippen LogP contribution in [-0.2, 0) is 11.3 Å². The molecule has 3 fully saturated rings. The van der Waals surface area contributed by atoms with Crippen LogP contribution in [0, 0.1) is 6.92 Å². The summed E-state index contributed by atoms with van der Waals surface area (Å²) in [5.41, 5.74) is 0.702. The van der Waals surface area contributed by atoms with Crippen molar-refractivity contribution in [1.82, 2.24) is 20.3 Å². The van der Waals surface area contributed by atoms with Crippen molar-refractivity contribution >= 4 is 16.9 Å². The molecule has 5 rings (SSSR count). The van der Waals surface area contributed by atoms with Crippen molar-refractivity contribution in [3.05, 3.63) is 41.7 Å². The summed E-state index contributed by atoms with van der Waals surface area (Å²) < 4.78 is 13.7. The SMILES string of the molecule is CCN=C1N[C@@H]2[C@@H](O)[C@H](O)C3(CC3n3cc(COc4ccc(C)cc4)nn3)O[C@@H]2S1. The Morgan fingerprint density at radius 3 is 2.93 bits per heavy atom. The van der Waals surface area contributed by atoms with Gasteiger partial charge in [0.25, 0.3) is 0 Å². The molecule has 1 aromatic heterocycles. The Bertz CT molecular complexity index is 951. The summed E-state index contributed by atoms with van der Waals surface area (Å²) in [5, 5.41) is 33.8. The van der Waals surface area contributed by atoms with Gasteiger partial charge in [-0.25, -0.2) is 4.68 Å². The van der Waals surface area contributed by atoms with E-state index in [1.54, 1.807) is 4.68 Å². The molecule has 30 heavy (non-hydrogen) atoms. The van der Waals surface area contributed by atoms with Crippen molar-refractivity contribution in [1.29, 1.82) is 0 Å². The molecule has 2 saturated heterocycles. The maximum atomic E-state index is 10.8. The smallest absolute Gasteiger partial charge is 0.159 e. The molecule has 2 aliphatic heterocycles. The Labute approximate surface area is 178 Å². The van der Waals surface area contributed by atoms with Gasteiger partial charge in [0, 0.05) is 13.0 Å². The molecule has 160 valence electrons. The lowest BCUT2D eigenvalue weighted by Gasteiger charge is -2.40. The fourth-order valence-corrected chi connectivity index (χ4v) is 5.33. The fraction of sp³-hybridized carbons (Fsp3) is 0.550. The van der Waals surface area contributed by atoms with Gasteiger partial charge >= 0.3 is 0 Å². The Hall–Kier alpha value is -2.14. The van der Waals surface area contributed by atoms with Gasteiger partial charge in [-0.15, -0.1) is 5.10 Å². The molecule has 1 saturated carbocycles. The quantitative estimate of drug-likeness (QED) is 0.643. The molecule has 6 atom stereocenters. The van der Waals surface area contributed by atoms with Crippen LogP contribution in [0.1, 0.15) is 30.6 Å². The summed E-state index contributed by atoms with van der Waals surface area (Å²) in [6.45, 7) is 4.93. The first-order valence-corrected chi connectivity index (χ1v) is 11.0. The number of thioether (sulfide) groups is 1. The number of amidine groups is 1. The van der Waals surface area contributed by atoms with E-state index in [0.29, 0.717) is 25.3 Å². The van der Waals surface area contributed by atoms with Crippen molar-refractivity contribution in [2.45, 2.75) is 62.2 Å². The van der Waals surface area contributed by atoms with E-state index in [2.05, 4.69) is 20.6 Å². The van der Waals surface area contributed by atoms with Crippen LogP contribution in [0.2, 0.25) is 0 Å².